The van der Waals surface area contributed by atoms with Crippen LogP contribution in [0.3, 0.4) is 0 Å². The highest BCUT2D eigenvalue weighted by molar-refractivity contribution is 6.14. The van der Waals surface area contributed by atoms with Gasteiger partial charge in [0.15, 0.2) is 34.9 Å². The molecule has 12 heteroatoms. The van der Waals surface area contributed by atoms with Gasteiger partial charge in [-0.05, 0) is 170 Å². The zero-order chi connectivity index (χ0) is 75.2. The first kappa shape index (κ1) is 66.6. The summed E-state index contributed by atoms with van der Waals surface area (Å²) >= 11 is 0. The van der Waals surface area contributed by atoms with Crippen molar-refractivity contribution in [1.29, 1.82) is 21.0 Å². The van der Waals surface area contributed by atoms with Gasteiger partial charge >= 0.3 is 0 Å². The van der Waals surface area contributed by atoms with Crippen LogP contribution in [-0.2, 0) is 0 Å². The minimum Gasteiger partial charge on any atom is -0.309 e. The normalized spacial score (nSPS) is 11.2. The zero-order valence-electron chi connectivity index (χ0n) is 59.9. The van der Waals surface area contributed by atoms with Crippen molar-refractivity contribution in [3.63, 3.8) is 0 Å². The number of hydrogen-bond acceptors (Lipinski definition) is 10. The van der Waals surface area contributed by atoms with E-state index in [1.165, 1.54) is 0 Å². The summed E-state index contributed by atoms with van der Waals surface area (Å²) in [7, 11) is 0. The first-order chi connectivity index (χ1) is 55.3. The Morgan fingerprint density at radius 3 is 0.696 bits per heavy atom. The highest BCUT2D eigenvalue weighted by Gasteiger charge is 2.25. The quantitative estimate of drug-likeness (QED) is 0.102. The van der Waals surface area contributed by atoms with E-state index in [0.717, 1.165) is 155 Å². The van der Waals surface area contributed by atoms with Gasteiger partial charge in [-0.1, -0.05) is 249 Å². The molecular formula is C100H58N12. The van der Waals surface area contributed by atoms with Crippen LogP contribution < -0.4 is 0 Å². The molecule has 19 rings (SSSR count). The smallest absolute Gasteiger partial charge is 0.164 e. The predicted molar refractivity (Wildman–Crippen MR) is 446 cm³/mol. The molecule has 4 aromatic heterocycles. The average Bonchev–Trinajstić information content (AvgIpc) is 1.59. The molecule has 112 heavy (non-hydrogen) atoms. The first-order valence-electron chi connectivity index (χ1n) is 36.6. The average molecular weight is 1430 g/mol. The Hall–Kier alpha value is -16.1. The van der Waals surface area contributed by atoms with Gasteiger partial charge in [0.05, 0.1) is 68.6 Å². The SMILES string of the molecule is N#Cc1ccccc1-c1ccc2c(c1)c1cc(-c3ccccc3C#N)ccc1n2-c1ccc(-c2cccc(-c3ccc(-n4c5ccc(-c6ccccc6C#N)cc5c5cc(-c6ccccc6C#N)ccc54)cc3-c3nc(-c4ccccc4)nc(-c4ccccc4)n3)c2)c(-c2nc(-c3ccccc3)nc(-c3ccccc3)n2)c1. The third kappa shape index (κ3) is 12.0. The van der Waals surface area contributed by atoms with Crippen LogP contribution in [0, 0.1) is 45.3 Å². The molecule has 19 aromatic rings. The second kappa shape index (κ2) is 28.3. The van der Waals surface area contributed by atoms with E-state index in [-0.39, 0.29) is 0 Å². The molecular weight excluding hydrogens is 1370 g/mol. The minimum absolute atomic E-state index is 0.451. The van der Waals surface area contributed by atoms with Gasteiger partial charge < -0.3 is 9.13 Å². The lowest BCUT2D eigenvalue weighted by Crippen LogP contribution is -2.03. The van der Waals surface area contributed by atoms with E-state index in [0.29, 0.717) is 57.2 Å². The van der Waals surface area contributed by atoms with Crippen molar-refractivity contribution in [3.8, 4) is 171 Å². The van der Waals surface area contributed by atoms with E-state index in [1.807, 2.05) is 218 Å². The number of fused-ring (bicyclic) bond motifs is 6. The third-order valence-corrected chi connectivity index (χ3v) is 20.9. The highest BCUT2D eigenvalue weighted by Crippen LogP contribution is 2.45. The number of benzene rings is 15. The number of nitriles is 4. The summed E-state index contributed by atoms with van der Waals surface area (Å²) in [5.74, 6) is 2.93. The fourth-order valence-electron chi connectivity index (χ4n) is 15.5. The fourth-order valence-corrected chi connectivity index (χ4v) is 15.5. The molecule has 15 aromatic carbocycles. The van der Waals surface area contributed by atoms with Gasteiger partial charge in [-0.2, -0.15) is 21.0 Å². The maximum absolute atomic E-state index is 10.4. The molecule has 0 aliphatic heterocycles. The molecule has 0 saturated heterocycles. The Balaban J connectivity index is 0.849. The van der Waals surface area contributed by atoms with Crippen molar-refractivity contribution in [2.45, 2.75) is 0 Å². The topological polar surface area (TPSA) is 182 Å². The molecule has 518 valence electrons. The minimum atomic E-state index is 0.451. The molecule has 0 fully saturated rings. The molecule has 0 aliphatic rings. The largest absolute Gasteiger partial charge is 0.309 e. The zero-order valence-corrected chi connectivity index (χ0v) is 59.9. The van der Waals surface area contributed by atoms with Crippen molar-refractivity contribution >= 4 is 43.6 Å². The Bertz CT molecular complexity index is 6410. The van der Waals surface area contributed by atoms with Crippen LogP contribution in [0.4, 0.5) is 0 Å². The van der Waals surface area contributed by atoms with Crippen LogP contribution in [0.2, 0.25) is 0 Å². The summed E-state index contributed by atoms with van der Waals surface area (Å²) in [6, 6.07) is 127. The predicted octanol–water partition coefficient (Wildman–Crippen LogP) is 23.7. The Kier molecular flexibility index (Phi) is 16.8. The van der Waals surface area contributed by atoms with Crippen LogP contribution in [-0.4, -0.2) is 39.0 Å². The van der Waals surface area contributed by atoms with Crippen molar-refractivity contribution < 1.29 is 0 Å². The molecule has 0 unspecified atom stereocenters. The highest BCUT2D eigenvalue weighted by atomic mass is 15.1. The van der Waals surface area contributed by atoms with E-state index in [9.17, 15) is 21.0 Å². The molecule has 0 spiro atoms. The van der Waals surface area contributed by atoms with Gasteiger partial charge in [-0.3, -0.25) is 0 Å². The van der Waals surface area contributed by atoms with Gasteiger partial charge in [0.2, 0.25) is 0 Å². The summed E-state index contributed by atoms with van der Waals surface area (Å²) in [5, 5.41) is 45.5. The van der Waals surface area contributed by atoms with Crippen LogP contribution in [0.1, 0.15) is 22.3 Å². The van der Waals surface area contributed by atoms with Crippen molar-refractivity contribution in [1.82, 2.24) is 39.0 Å². The lowest BCUT2D eigenvalue weighted by molar-refractivity contribution is 1.07. The fraction of sp³-hybridized carbons (Fsp3) is 0. The maximum atomic E-state index is 10.4. The molecule has 0 N–H and O–H groups in total. The summed E-state index contributed by atoms with van der Waals surface area (Å²) in [6.07, 6.45) is 0. The summed E-state index contributed by atoms with van der Waals surface area (Å²) < 4.78 is 4.55. The van der Waals surface area contributed by atoms with Crippen LogP contribution in [0.25, 0.3) is 190 Å². The molecule has 12 nitrogen and oxygen atoms in total. The third-order valence-electron chi connectivity index (χ3n) is 20.9. The Morgan fingerprint density at radius 2 is 0.420 bits per heavy atom. The molecule has 4 heterocycles. The van der Waals surface area contributed by atoms with E-state index >= 15 is 0 Å². The number of nitrogens with zero attached hydrogens (tertiary/aromatic N) is 12. The van der Waals surface area contributed by atoms with Crippen LogP contribution in [0.15, 0.2) is 352 Å². The van der Waals surface area contributed by atoms with E-state index in [1.54, 1.807) is 0 Å². The van der Waals surface area contributed by atoms with Crippen LogP contribution >= 0.6 is 0 Å². The molecule has 0 radical (unpaired) electrons. The van der Waals surface area contributed by atoms with E-state index < -0.39 is 0 Å². The summed E-state index contributed by atoms with van der Waals surface area (Å²) in [4.78, 5) is 32.2. The number of aromatic nitrogens is 8. The lowest BCUT2D eigenvalue weighted by atomic mass is 9.92. The van der Waals surface area contributed by atoms with Gasteiger partial charge in [-0.25, -0.2) is 29.9 Å². The molecule has 0 atom stereocenters. The molecule has 0 aliphatic carbocycles. The van der Waals surface area contributed by atoms with Crippen molar-refractivity contribution in [2.75, 3.05) is 0 Å². The lowest BCUT2D eigenvalue weighted by Gasteiger charge is -2.18. The Labute approximate surface area is 644 Å². The van der Waals surface area contributed by atoms with Crippen LogP contribution in [0.5, 0.6) is 0 Å². The van der Waals surface area contributed by atoms with Gasteiger partial charge in [0.25, 0.3) is 0 Å². The van der Waals surface area contributed by atoms with E-state index in [4.69, 9.17) is 29.9 Å². The number of hydrogen-bond donors (Lipinski definition) is 0. The maximum Gasteiger partial charge on any atom is 0.164 e. The monoisotopic (exact) mass is 1430 g/mol. The van der Waals surface area contributed by atoms with Gasteiger partial charge in [0.1, 0.15) is 0 Å². The second-order valence-corrected chi connectivity index (χ2v) is 27.3. The van der Waals surface area contributed by atoms with Crippen molar-refractivity contribution in [2.24, 2.45) is 0 Å². The molecule has 0 saturated carbocycles. The Morgan fingerprint density at radius 1 is 0.179 bits per heavy atom. The summed E-state index contributed by atoms with van der Waals surface area (Å²) in [6.45, 7) is 0. The van der Waals surface area contributed by atoms with Crippen molar-refractivity contribution in [3.05, 3.63) is 374 Å². The number of rotatable bonds is 14. The summed E-state index contributed by atoms with van der Waals surface area (Å²) in [5.41, 5.74) is 22.7. The first-order valence-corrected chi connectivity index (χ1v) is 36.6. The molecule has 0 bridgehead atoms. The van der Waals surface area contributed by atoms with Gasteiger partial charge in [-0.15, -0.1) is 0 Å². The second-order valence-electron chi connectivity index (χ2n) is 27.3. The molecule has 0 amide bonds. The van der Waals surface area contributed by atoms with E-state index in [2.05, 4.69) is 167 Å². The standard InChI is InChI=1S/C100H58N12/c101-59-73-30-13-17-36-79(73)69-40-48-91-85(53-69)86-54-70(80-37-18-14-31-74(80)60-102)41-49-92(86)111(91)77-44-46-83(89(57-77)99-107-95(63-22-5-1-6-23-63)105-96(108-99)64-24-7-2-8-25-64)67-34-21-35-68(52-67)84-47-45-78(58-90(84)100-109-97(65-26-9-3-10-27-65)106-98(110-100)66-28-11-4-12-29-66)112-93-50-42-71(81-38-19-15-32-75(81)61-103)55-87(93)88-56-72(43-51-94(88)112)82-39-20-16-33-76(82)62-104/h1-58H. The van der Waals surface area contributed by atoms with Gasteiger partial charge in [0, 0.05) is 66.3 Å².